The van der Waals surface area contributed by atoms with E-state index in [-0.39, 0.29) is 18.1 Å². The van der Waals surface area contributed by atoms with Crippen LogP contribution in [0.5, 0.6) is 0 Å². The number of hydrogen-bond acceptors (Lipinski definition) is 5. The Bertz CT molecular complexity index is 716. The molecule has 0 aromatic carbocycles. The maximum Gasteiger partial charge on any atom is 0.274 e. The minimum absolute atomic E-state index is 0.0184. The number of rotatable bonds is 2. The third-order valence-electron chi connectivity index (χ3n) is 5.07. The molecule has 0 radical (unpaired) electrons. The highest BCUT2D eigenvalue weighted by molar-refractivity contribution is 5.94. The first-order chi connectivity index (χ1) is 11.6. The molecule has 128 valence electrons. The standard InChI is InChI=1S/C17H22N4O3/c1-10-7-13-15(11(2)24-10)19-20-16(13)17(22)21-5-3-12(4-6-21)14-8-18-9-23-14/h8-12H,3-7H2,1-2H3,(H,19,20)/t10-,11+/m1/s1. The largest absolute Gasteiger partial charge is 0.448 e. The van der Waals surface area contributed by atoms with Gasteiger partial charge in [0.2, 0.25) is 0 Å². The lowest BCUT2D eigenvalue weighted by Gasteiger charge is -2.31. The van der Waals surface area contributed by atoms with E-state index in [9.17, 15) is 4.79 Å². The van der Waals surface area contributed by atoms with Gasteiger partial charge >= 0.3 is 0 Å². The molecule has 4 rings (SSSR count). The third-order valence-corrected chi connectivity index (χ3v) is 5.07. The van der Waals surface area contributed by atoms with Crippen LogP contribution in [0.1, 0.15) is 66.2 Å². The maximum atomic E-state index is 12.9. The zero-order chi connectivity index (χ0) is 16.7. The molecular weight excluding hydrogens is 308 g/mol. The van der Waals surface area contributed by atoms with Gasteiger partial charge in [-0.1, -0.05) is 0 Å². The molecule has 2 aliphatic rings. The molecule has 0 spiro atoms. The number of carbonyl (C=O) groups is 1. The van der Waals surface area contributed by atoms with Crippen molar-refractivity contribution in [3.8, 4) is 0 Å². The fourth-order valence-corrected chi connectivity index (χ4v) is 3.79. The topological polar surface area (TPSA) is 84.3 Å². The number of fused-ring (bicyclic) bond motifs is 1. The molecule has 0 aliphatic carbocycles. The van der Waals surface area contributed by atoms with E-state index in [0.717, 1.165) is 36.3 Å². The number of ether oxygens (including phenoxy) is 1. The van der Waals surface area contributed by atoms with Crippen LogP contribution in [0.3, 0.4) is 0 Å². The summed E-state index contributed by atoms with van der Waals surface area (Å²) in [6.07, 6.45) is 5.81. The van der Waals surface area contributed by atoms with Gasteiger partial charge in [0.05, 0.1) is 24.1 Å². The second kappa shape index (κ2) is 6.05. The molecule has 1 saturated heterocycles. The second-order valence-electron chi connectivity index (χ2n) is 6.73. The van der Waals surface area contributed by atoms with Gasteiger partial charge in [-0.15, -0.1) is 0 Å². The molecule has 7 heteroatoms. The van der Waals surface area contributed by atoms with Crippen molar-refractivity contribution in [2.75, 3.05) is 13.1 Å². The van der Waals surface area contributed by atoms with Crippen LogP contribution in [0, 0.1) is 0 Å². The summed E-state index contributed by atoms with van der Waals surface area (Å²) in [5.74, 6) is 1.28. The highest BCUT2D eigenvalue weighted by atomic mass is 16.5. The summed E-state index contributed by atoms with van der Waals surface area (Å²) in [6, 6.07) is 0. The highest BCUT2D eigenvalue weighted by Gasteiger charge is 2.33. The molecular formula is C17H22N4O3. The number of oxazole rings is 1. The molecule has 1 amide bonds. The minimum Gasteiger partial charge on any atom is -0.448 e. The molecule has 1 fully saturated rings. The van der Waals surface area contributed by atoms with Crippen LogP contribution in [-0.4, -0.2) is 45.2 Å². The average molecular weight is 330 g/mol. The summed E-state index contributed by atoms with van der Waals surface area (Å²) in [5, 5.41) is 7.30. The van der Waals surface area contributed by atoms with Crippen molar-refractivity contribution < 1.29 is 13.9 Å². The van der Waals surface area contributed by atoms with E-state index >= 15 is 0 Å². The summed E-state index contributed by atoms with van der Waals surface area (Å²) in [5.41, 5.74) is 2.52. The maximum absolute atomic E-state index is 12.9. The van der Waals surface area contributed by atoms with Crippen LogP contribution < -0.4 is 0 Å². The monoisotopic (exact) mass is 330 g/mol. The number of H-pyrrole nitrogens is 1. The quantitative estimate of drug-likeness (QED) is 0.914. The van der Waals surface area contributed by atoms with Gasteiger partial charge in [0.1, 0.15) is 5.76 Å². The van der Waals surface area contributed by atoms with E-state index in [2.05, 4.69) is 15.2 Å². The highest BCUT2D eigenvalue weighted by Crippen LogP contribution is 2.32. The van der Waals surface area contributed by atoms with E-state index in [1.54, 1.807) is 6.20 Å². The minimum atomic E-state index is -0.0463. The van der Waals surface area contributed by atoms with Crippen molar-refractivity contribution in [3.05, 3.63) is 35.3 Å². The van der Waals surface area contributed by atoms with Gasteiger partial charge in [0, 0.05) is 31.0 Å². The van der Waals surface area contributed by atoms with Crippen LogP contribution in [0.15, 0.2) is 17.0 Å². The number of amides is 1. The van der Waals surface area contributed by atoms with Crippen LogP contribution >= 0.6 is 0 Å². The lowest BCUT2D eigenvalue weighted by atomic mass is 9.94. The number of nitrogens with one attached hydrogen (secondary N) is 1. The fourth-order valence-electron chi connectivity index (χ4n) is 3.79. The van der Waals surface area contributed by atoms with Gasteiger partial charge in [0.15, 0.2) is 12.1 Å². The summed E-state index contributed by atoms with van der Waals surface area (Å²) in [6.45, 7) is 5.45. The van der Waals surface area contributed by atoms with Gasteiger partial charge in [-0.2, -0.15) is 5.10 Å². The first-order valence-corrected chi connectivity index (χ1v) is 8.53. The Morgan fingerprint density at radius 1 is 1.33 bits per heavy atom. The van der Waals surface area contributed by atoms with Crippen molar-refractivity contribution in [2.24, 2.45) is 0 Å². The number of hydrogen-bond donors (Lipinski definition) is 1. The van der Waals surface area contributed by atoms with Crippen LogP contribution in [0.25, 0.3) is 0 Å². The Morgan fingerprint density at radius 3 is 2.83 bits per heavy atom. The third kappa shape index (κ3) is 2.62. The van der Waals surface area contributed by atoms with Gasteiger partial charge in [-0.3, -0.25) is 9.89 Å². The summed E-state index contributed by atoms with van der Waals surface area (Å²) in [4.78, 5) is 18.8. The Hall–Kier alpha value is -2.15. The molecule has 24 heavy (non-hydrogen) atoms. The molecule has 2 aromatic heterocycles. The van der Waals surface area contributed by atoms with Crippen molar-refractivity contribution in [2.45, 2.75) is 51.2 Å². The molecule has 2 aliphatic heterocycles. The number of aromatic amines is 1. The molecule has 2 atom stereocenters. The Kier molecular flexibility index (Phi) is 3.88. The molecule has 0 unspecified atom stereocenters. The zero-order valence-electron chi connectivity index (χ0n) is 14.0. The zero-order valence-corrected chi connectivity index (χ0v) is 14.0. The molecule has 7 nitrogen and oxygen atoms in total. The van der Waals surface area contributed by atoms with Crippen molar-refractivity contribution in [1.82, 2.24) is 20.1 Å². The van der Waals surface area contributed by atoms with Gasteiger partial charge < -0.3 is 14.1 Å². The van der Waals surface area contributed by atoms with Crippen molar-refractivity contribution >= 4 is 5.91 Å². The Balaban J connectivity index is 1.48. The first-order valence-electron chi connectivity index (χ1n) is 8.53. The molecule has 0 bridgehead atoms. The number of nitrogens with zero attached hydrogens (tertiary/aromatic N) is 3. The van der Waals surface area contributed by atoms with E-state index in [1.807, 2.05) is 18.7 Å². The second-order valence-corrected chi connectivity index (χ2v) is 6.73. The van der Waals surface area contributed by atoms with Crippen molar-refractivity contribution in [1.29, 1.82) is 0 Å². The van der Waals surface area contributed by atoms with Gasteiger partial charge in [-0.25, -0.2) is 4.98 Å². The predicted octanol–water partition coefficient (Wildman–Crippen LogP) is 2.44. The van der Waals surface area contributed by atoms with E-state index in [0.29, 0.717) is 24.7 Å². The molecule has 0 saturated carbocycles. The van der Waals surface area contributed by atoms with Gasteiger partial charge in [-0.05, 0) is 26.7 Å². The number of piperidine rings is 1. The number of aromatic nitrogens is 3. The predicted molar refractivity (Wildman–Crippen MR) is 85.6 cm³/mol. The lowest BCUT2D eigenvalue weighted by molar-refractivity contribution is -0.00703. The van der Waals surface area contributed by atoms with Crippen molar-refractivity contribution in [3.63, 3.8) is 0 Å². The molecule has 4 heterocycles. The van der Waals surface area contributed by atoms with E-state index in [1.165, 1.54) is 6.39 Å². The number of likely N-dealkylation sites (tertiary alicyclic amines) is 1. The van der Waals surface area contributed by atoms with E-state index in [4.69, 9.17) is 9.15 Å². The summed E-state index contributed by atoms with van der Waals surface area (Å²) < 4.78 is 11.2. The Morgan fingerprint density at radius 2 is 2.12 bits per heavy atom. The van der Waals surface area contributed by atoms with E-state index < -0.39 is 0 Å². The summed E-state index contributed by atoms with van der Waals surface area (Å²) in [7, 11) is 0. The van der Waals surface area contributed by atoms with Crippen LogP contribution in [0.2, 0.25) is 0 Å². The number of carbonyl (C=O) groups excluding carboxylic acids is 1. The Labute approximate surface area is 140 Å². The normalized spacial score (nSPS) is 24.8. The lowest BCUT2D eigenvalue weighted by Crippen LogP contribution is -2.38. The molecule has 2 aromatic rings. The SMILES string of the molecule is C[C@@H]1Cc2c(C(=O)N3CCC(c4cnco4)CC3)n[nH]c2[C@H](C)O1. The van der Waals surface area contributed by atoms with Crippen LogP contribution in [-0.2, 0) is 11.2 Å². The molecule has 1 N–H and O–H groups in total. The average Bonchev–Trinajstić information content (AvgIpc) is 3.24. The van der Waals surface area contributed by atoms with Gasteiger partial charge in [0.25, 0.3) is 5.91 Å². The summed E-state index contributed by atoms with van der Waals surface area (Å²) >= 11 is 0. The first kappa shape index (κ1) is 15.4. The fraction of sp³-hybridized carbons (Fsp3) is 0.588. The van der Waals surface area contributed by atoms with Crippen LogP contribution in [0.4, 0.5) is 0 Å². The smallest absolute Gasteiger partial charge is 0.274 e.